The summed E-state index contributed by atoms with van der Waals surface area (Å²) in [5.41, 5.74) is 7.81. The standard InChI is InChI=1S/C15H16N2O2/c1-17-15(18)13-8-7-12(16)9-14(13)19-10-11-5-3-2-4-6-11/h2-9H,10,16H2,1H3,(H,17,18). The number of benzene rings is 2. The van der Waals surface area contributed by atoms with Gasteiger partial charge in [0.1, 0.15) is 12.4 Å². The van der Waals surface area contributed by atoms with Crippen LogP contribution >= 0.6 is 0 Å². The van der Waals surface area contributed by atoms with Crippen LogP contribution in [0.1, 0.15) is 15.9 Å². The number of anilines is 1. The molecule has 0 aliphatic carbocycles. The van der Waals surface area contributed by atoms with Gasteiger partial charge in [0.15, 0.2) is 0 Å². The van der Waals surface area contributed by atoms with Crippen molar-refractivity contribution < 1.29 is 9.53 Å². The average molecular weight is 256 g/mol. The van der Waals surface area contributed by atoms with E-state index in [0.717, 1.165) is 5.56 Å². The largest absolute Gasteiger partial charge is 0.488 e. The second-order valence-corrected chi connectivity index (χ2v) is 4.11. The molecule has 0 saturated carbocycles. The monoisotopic (exact) mass is 256 g/mol. The first-order valence-electron chi connectivity index (χ1n) is 5.99. The third-order valence-corrected chi connectivity index (χ3v) is 2.71. The van der Waals surface area contributed by atoms with Gasteiger partial charge < -0.3 is 15.8 Å². The van der Waals surface area contributed by atoms with Gasteiger partial charge in [0, 0.05) is 18.8 Å². The number of rotatable bonds is 4. The molecule has 2 aromatic rings. The van der Waals surface area contributed by atoms with Gasteiger partial charge in [-0.25, -0.2) is 0 Å². The van der Waals surface area contributed by atoms with Crippen LogP contribution in [0.5, 0.6) is 5.75 Å². The molecular weight excluding hydrogens is 240 g/mol. The van der Waals surface area contributed by atoms with E-state index in [1.165, 1.54) is 0 Å². The first-order chi connectivity index (χ1) is 9.20. The lowest BCUT2D eigenvalue weighted by molar-refractivity contribution is 0.0958. The zero-order valence-corrected chi connectivity index (χ0v) is 10.7. The van der Waals surface area contributed by atoms with Gasteiger partial charge in [-0.2, -0.15) is 0 Å². The lowest BCUT2D eigenvalue weighted by atomic mass is 10.1. The summed E-state index contributed by atoms with van der Waals surface area (Å²) in [6.45, 7) is 0.397. The van der Waals surface area contributed by atoms with E-state index in [-0.39, 0.29) is 5.91 Å². The predicted molar refractivity (Wildman–Crippen MR) is 75.0 cm³/mol. The van der Waals surface area contributed by atoms with E-state index in [4.69, 9.17) is 10.5 Å². The van der Waals surface area contributed by atoms with Crippen LogP contribution in [0.25, 0.3) is 0 Å². The van der Waals surface area contributed by atoms with Gasteiger partial charge in [0.25, 0.3) is 5.91 Å². The number of nitrogens with one attached hydrogen (secondary N) is 1. The van der Waals surface area contributed by atoms with Crippen molar-refractivity contribution in [1.82, 2.24) is 5.32 Å². The number of hydrogen-bond donors (Lipinski definition) is 2. The van der Waals surface area contributed by atoms with E-state index in [0.29, 0.717) is 23.6 Å². The number of carbonyl (C=O) groups is 1. The number of ether oxygens (including phenoxy) is 1. The number of amides is 1. The molecule has 4 heteroatoms. The van der Waals surface area contributed by atoms with Crippen LogP contribution in [-0.2, 0) is 6.61 Å². The number of hydrogen-bond acceptors (Lipinski definition) is 3. The molecule has 0 aliphatic rings. The predicted octanol–water partition coefficient (Wildman–Crippen LogP) is 2.21. The number of nitrogen functional groups attached to an aromatic ring is 1. The molecule has 0 spiro atoms. The highest BCUT2D eigenvalue weighted by Gasteiger charge is 2.11. The van der Waals surface area contributed by atoms with Crippen molar-refractivity contribution in [1.29, 1.82) is 0 Å². The molecule has 0 aliphatic heterocycles. The van der Waals surface area contributed by atoms with E-state index in [1.54, 1.807) is 25.2 Å². The van der Waals surface area contributed by atoms with Gasteiger partial charge in [0.05, 0.1) is 5.56 Å². The van der Waals surface area contributed by atoms with Crippen molar-refractivity contribution in [2.45, 2.75) is 6.61 Å². The second kappa shape index (κ2) is 5.91. The van der Waals surface area contributed by atoms with Crippen molar-refractivity contribution in [3.63, 3.8) is 0 Å². The lowest BCUT2D eigenvalue weighted by Gasteiger charge is -2.11. The highest BCUT2D eigenvalue weighted by Crippen LogP contribution is 2.22. The van der Waals surface area contributed by atoms with Gasteiger partial charge in [-0.05, 0) is 17.7 Å². The third-order valence-electron chi connectivity index (χ3n) is 2.71. The van der Waals surface area contributed by atoms with Gasteiger partial charge in [-0.1, -0.05) is 30.3 Å². The molecule has 0 saturated heterocycles. The molecule has 0 bridgehead atoms. The Bertz CT molecular complexity index is 568. The first kappa shape index (κ1) is 13.0. The highest BCUT2D eigenvalue weighted by molar-refractivity contribution is 5.97. The van der Waals surface area contributed by atoms with Crippen LogP contribution in [0.2, 0.25) is 0 Å². The third kappa shape index (κ3) is 3.25. The van der Waals surface area contributed by atoms with E-state index in [9.17, 15) is 4.79 Å². The van der Waals surface area contributed by atoms with E-state index >= 15 is 0 Å². The summed E-state index contributed by atoms with van der Waals surface area (Å²) in [4.78, 5) is 11.7. The molecule has 2 aromatic carbocycles. The van der Waals surface area contributed by atoms with Crippen LogP contribution in [0.3, 0.4) is 0 Å². The lowest BCUT2D eigenvalue weighted by Crippen LogP contribution is -2.19. The van der Waals surface area contributed by atoms with Crippen molar-refractivity contribution in [3.05, 3.63) is 59.7 Å². The Kier molecular flexibility index (Phi) is 4.03. The summed E-state index contributed by atoms with van der Waals surface area (Å²) in [5.74, 6) is 0.297. The fourth-order valence-electron chi connectivity index (χ4n) is 1.72. The molecular formula is C15H16N2O2. The fourth-order valence-corrected chi connectivity index (χ4v) is 1.72. The average Bonchev–Trinajstić information content (AvgIpc) is 2.45. The summed E-state index contributed by atoms with van der Waals surface area (Å²) < 4.78 is 5.69. The minimum Gasteiger partial charge on any atom is -0.488 e. The van der Waals surface area contributed by atoms with Gasteiger partial charge >= 0.3 is 0 Å². The molecule has 19 heavy (non-hydrogen) atoms. The molecule has 0 radical (unpaired) electrons. The molecule has 0 unspecified atom stereocenters. The maximum atomic E-state index is 11.7. The van der Waals surface area contributed by atoms with Crippen molar-refractivity contribution in [2.75, 3.05) is 12.8 Å². The van der Waals surface area contributed by atoms with Gasteiger partial charge in [-0.3, -0.25) is 4.79 Å². The summed E-state index contributed by atoms with van der Waals surface area (Å²) >= 11 is 0. The summed E-state index contributed by atoms with van der Waals surface area (Å²) in [6, 6.07) is 14.8. The Labute approximate surface area is 112 Å². The molecule has 0 atom stereocenters. The van der Waals surface area contributed by atoms with Crippen LogP contribution in [-0.4, -0.2) is 13.0 Å². The molecule has 0 heterocycles. The molecule has 98 valence electrons. The SMILES string of the molecule is CNC(=O)c1ccc(N)cc1OCc1ccccc1. The van der Waals surface area contributed by atoms with Crippen LogP contribution in [0.4, 0.5) is 5.69 Å². The van der Waals surface area contributed by atoms with Crippen LogP contribution < -0.4 is 15.8 Å². The molecule has 0 fully saturated rings. The van der Waals surface area contributed by atoms with Crippen molar-refractivity contribution in [3.8, 4) is 5.75 Å². The van der Waals surface area contributed by atoms with Crippen LogP contribution in [0.15, 0.2) is 48.5 Å². The van der Waals surface area contributed by atoms with E-state index in [1.807, 2.05) is 30.3 Å². The van der Waals surface area contributed by atoms with E-state index < -0.39 is 0 Å². The minimum absolute atomic E-state index is 0.192. The van der Waals surface area contributed by atoms with Gasteiger partial charge in [-0.15, -0.1) is 0 Å². The zero-order chi connectivity index (χ0) is 13.7. The normalized spacial score (nSPS) is 9.95. The molecule has 3 N–H and O–H groups in total. The smallest absolute Gasteiger partial charge is 0.254 e. The topological polar surface area (TPSA) is 64.4 Å². The Morgan fingerprint density at radius 2 is 1.95 bits per heavy atom. The molecule has 2 rings (SSSR count). The minimum atomic E-state index is -0.192. The Morgan fingerprint density at radius 3 is 2.63 bits per heavy atom. The summed E-state index contributed by atoms with van der Waals surface area (Å²) in [7, 11) is 1.58. The Balaban J connectivity index is 2.19. The Hall–Kier alpha value is -2.49. The molecule has 1 amide bonds. The van der Waals surface area contributed by atoms with E-state index in [2.05, 4.69) is 5.32 Å². The summed E-state index contributed by atoms with van der Waals surface area (Å²) in [6.07, 6.45) is 0. The fraction of sp³-hybridized carbons (Fsp3) is 0.133. The maximum absolute atomic E-state index is 11.7. The second-order valence-electron chi connectivity index (χ2n) is 4.11. The van der Waals surface area contributed by atoms with Gasteiger partial charge in [0.2, 0.25) is 0 Å². The quantitative estimate of drug-likeness (QED) is 0.824. The molecule has 4 nitrogen and oxygen atoms in total. The Morgan fingerprint density at radius 1 is 1.21 bits per heavy atom. The van der Waals surface area contributed by atoms with Crippen molar-refractivity contribution >= 4 is 11.6 Å². The van der Waals surface area contributed by atoms with Crippen LogP contribution in [0, 0.1) is 0 Å². The summed E-state index contributed by atoms with van der Waals surface area (Å²) in [5, 5.41) is 2.58. The van der Waals surface area contributed by atoms with Crippen molar-refractivity contribution in [2.24, 2.45) is 0 Å². The number of nitrogens with two attached hydrogens (primary N) is 1. The molecule has 0 aromatic heterocycles. The number of carbonyl (C=O) groups excluding carboxylic acids is 1. The zero-order valence-electron chi connectivity index (χ0n) is 10.7. The maximum Gasteiger partial charge on any atom is 0.254 e. The highest BCUT2D eigenvalue weighted by atomic mass is 16.5. The first-order valence-corrected chi connectivity index (χ1v) is 5.99.